The fourth-order valence-electron chi connectivity index (χ4n) is 2.06. The Kier molecular flexibility index (Phi) is 4.89. The molecule has 1 saturated heterocycles. The smallest absolute Gasteiger partial charge is 0.318 e. The molecule has 0 radical (unpaired) electrons. The molecular formula is C12H17N3O4S. The van der Waals surface area contributed by atoms with Gasteiger partial charge in [-0.1, -0.05) is 5.16 Å². The van der Waals surface area contributed by atoms with Crippen LogP contribution in [0.5, 0.6) is 0 Å². The van der Waals surface area contributed by atoms with Crippen molar-refractivity contribution in [3.8, 4) is 0 Å². The monoisotopic (exact) mass is 299 g/mol. The zero-order valence-electron chi connectivity index (χ0n) is 11.2. The highest BCUT2D eigenvalue weighted by Gasteiger charge is 2.28. The van der Waals surface area contributed by atoms with E-state index in [0.717, 1.165) is 5.75 Å². The summed E-state index contributed by atoms with van der Waals surface area (Å²) in [4.78, 5) is 24.5. The van der Waals surface area contributed by atoms with Crippen molar-refractivity contribution in [3.05, 3.63) is 17.5 Å². The third-order valence-electron chi connectivity index (χ3n) is 3.00. The summed E-state index contributed by atoms with van der Waals surface area (Å²) in [6.07, 6.45) is -0.0243. The van der Waals surface area contributed by atoms with Crippen molar-refractivity contribution in [2.24, 2.45) is 0 Å². The first kappa shape index (κ1) is 14.7. The number of hydrogen-bond acceptors (Lipinski definition) is 5. The molecule has 1 aliphatic heterocycles. The molecule has 110 valence electrons. The second kappa shape index (κ2) is 6.65. The summed E-state index contributed by atoms with van der Waals surface area (Å²) < 4.78 is 4.92. The van der Waals surface area contributed by atoms with Crippen LogP contribution < -0.4 is 5.32 Å². The summed E-state index contributed by atoms with van der Waals surface area (Å²) >= 11 is 1.67. The largest absolute Gasteiger partial charge is 0.481 e. The molecule has 0 aliphatic carbocycles. The summed E-state index contributed by atoms with van der Waals surface area (Å²) in [6, 6.07) is 1.24. The van der Waals surface area contributed by atoms with Crippen LogP contribution in [-0.4, -0.2) is 51.3 Å². The van der Waals surface area contributed by atoms with Gasteiger partial charge in [0, 0.05) is 24.1 Å². The number of carboxylic acids is 1. The van der Waals surface area contributed by atoms with Crippen LogP contribution >= 0.6 is 11.8 Å². The van der Waals surface area contributed by atoms with E-state index in [1.54, 1.807) is 29.7 Å². The van der Waals surface area contributed by atoms with E-state index in [1.807, 2.05) is 0 Å². The van der Waals surface area contributed by atoms with E-state index in [0.29, 0.717) is 23.8 Å². The van der Waals surface area contributed by atoms with E-state index in [9.17, 15) is 9.59 Å². The average Bonchev–Trinajstić information content (AvgIpc) is 2.82. The molecule has 8 heteroatoms. The van der Waals surface area contributed by atoms with Gasteiger partial charge in [-0.15, -0.1) is 0 Å². The standard InChI is InChI=1S/C12H17N3O4S/c1-8-4-9(14-19-8)6-13-12(18)15-2-3-20-7-10(15)5-11(16)17/h4,10H,2-3,5-7H2,1H3,(H,13,18)(H,16,17). The maximum Gasteiger partial charge on any atom is 0.318 e. The lowest BCUT2D eigenvalue weighted by molar-refractivity contribution is -0.138. The van der Waals surface area contributed by atoms with Gasteiger partial charge in [0.25, 0.3) is 0 Å². The lowest BCUT2D eigenvalue weighted by atomic mass is 10.2. The topological polar surface area (TPSA) is 95.7 Å². The van der Waals surface area contributed by atoms with E-state index in [1.165, 1.54) is 0 Å². The summed E-state index contributed by atoms with van der Waals surface area (Å²) in [5.74, 6) is 1.28. The van der Waals surface area contributed by atoms with Crippen molar-refractivity contribution < 1.29 is 19.2 Å². The SMILES string of the molecule is Cc1cc(CNC(=O)N2CCSCC2CC(=O)O)no1. The van der Waals surface area contributed by atoms with Crippen LogP contribution in [0, 0.1) is 6.92 Å². The highest BCUT2D eigenvalue weighted by molar-refractivity contribution is 7.99. The Morgan fingerprint density at radius 3 is 3.10 bits per heavy atom. The molecule has 1 fully saturated rings. The van der Waals surface area contributed by atoms with Crippen molar-refractivity contribution in [1.82, 2.24) is 15.4 Å². The first-order chi connectivity index (χ1) is 9.56. The molecule has 0 bridgehead atoms. The predicted molar refractivity (Wildman–Crippen MR) is 73.5 cm³/mol. The van der Waals surface area contributed by atoms with Gasteiger partial charge in [0.05, 0.1) is 19.0 Å². The maximum absolute atomic E-state index is 12.1. The number of amides is 2. The second-order valence-corrected chi connectivity index (χ2v) is 5.76. The van der Waals surface area contributed by atoms with Crippen LogP contribution in [0.25, 0.3) is 0 Å². The molecule has 20 heavy (non-hydrogen) atoms. The fourth-order valence-corrected chi connectivity index (χ4v) is 3.12. The van der Waals surface area contributed by atoms with Crippen LogP contribution in [0.15, 0.2) is 10.6 Å². The first-order valence-electron chi connectivity index (χ1n) is 6.32. The number of carbonyl (C=O) groups is 2. The molecule has 2 rings (SSSR count). The number of aliphatic carboxylic acids is 1. The molecule has 2 amide bonds. The van der Waals surface area contributed by atoms with Gasteiger partial charge in [-0.2, -0.15) is 11.8 Å². The van der Waals surface area contributed by atoms with E-state index in [4.69, 9.17) is 9.63 Å². The minimum atomic E-state index is -0.887. The maximum atomic E-state index is 12.1. The highest BCUT2D eigenvalue weighted by Crippen LogP contribution is 2.19. The van der Waals surface area contributed by atoms with Gasteiger partial charge in [0.2, 0.25) is 0 Å². The Labute approximate surface area is 120 Å². The minimum Gasteiger partial charge on any atom is -0.481 e. The summed E-state index contributed by atoms with van der Waals surface area (Å²) in [5, 5.41) is 15.4. The summed E-state index contributed by atoms with van der Waals surface area (Å²) in [5.41, 5.74) is 0.650. The van der Waals surface area contributed by atoms with E-state index >= 15 is 0 Å². The van der Waals surface area contributed by atoms with Gasteiger partial charge < -0.3 is 19.8 Å². The van der Waals surface area contributed by atoms with E-state index in [2.05, 4.69) is 10.5 Å². The van der Waals surface area contributed by atoms with Crippen molar-refractivity contribution in [2.45, 2.75) is 25.9 Å². The lowest BCUT2D eigenvalue weighted by Gasteiger charge is -2.34. The first-order valence-corrected chi connectivity index (χ1v) is 7.48. The third-order valence-corrected chi connectivity index (χ3v) is 4.09. The molecule has 0 saturated carbocycles. The number of aryl methyl sites for hydroxylation is 1. The number of thioether (sulfide) groups is 1. The van der Waals surface area contributed by atoms with Gasteiger partial charge in [0.15, 0.2) is 0 Å². The Morgan fingerprint density at radius 2 is 2.45 bits per heavy atom. The molecule has 2 N–H and O–H groups in total. The van der Waals surface area contributed by atoms with Gasteiger partial charge in [-0.25, -0.2) is 4.79 Å². The quantitative estimate of drug-likeness (QED) is 0.864. The summed E-state index contributed by atoms with van der Waals surface area (Å²) in [7, 11) is 0. The zero-order chi connectivity index (χ0) is 14.5. The van der Waals surface area contributed by atoms with Crippen LogP contribution in [0.2, 0.25) is 0 Å². The molecule has 1 aromatic rings. The molecule has 1 atom stereocenters. The molecule has 1 aliphatic rings. The van der Waals surface area contributed by atoms with Crippen LogP contribution in [0.4, 0.5) is 4.79 Å². The molecular weight excluding hydrogens is 282 g/mol. The predicted octanol–water partition coefficient (Wildman–Crippen LogP) is 1.08. The van der Waals surface area contributed by atoms with Gasteiger partial charge in [-0.05, 0) is 6.92 Å². The Morgan fingerprint density at radius 1 is 1.65 bits per heavy atom. The Hall–Kier alpha value is -1.70. The minimum absolute atomic E-state index is 0.0243. The molecule has 7 nitrogen and oxygen atoms in total. The van der Waals surface area contributed by atoms with Gasteiger partial charge >= 0.3 is 12.0 Å². The zero-order valence-corrected chi connectivity index (χ0v) is 12.0. The number of urea groups is 1. The van der Waals surface area contributed by atoms with Crippen molar-refractivity contribution in [3.63, 3.8) is 0 Å². The second-order valence-electron chi connectivity index (χ2n) is 4.61. The van der Waals surface area contributed by atoms with Crippen molar-refractivity contribution in [2.75, 3.05) is 18.1 Å². The lowest BCUT2D eigenvalue weighted by Crippen LogP contribution is -2.51. The molecule has 2 heterocycles. The molecule has 0 aromatic carbocycles. The number of carbonyl (C=O) groups excluding carboxylic acids is 1. The number of hydrogen-bond donors (Lipinski definition) is 2. The summed E-state index contributed by atoms with van der Waals surface area (Å²) in [6.45, 7) is 2.62. The number of nitrogens with one attached hydrogen (secondary N) is 1. The highest BCUT2D eigenvalue weighted by atomic mass is 32.2. The Balaban J connectivity index is 1.90. The third kappa shape index (κ3) is 3.89. The number of nitrogens with zero attached hydrogens (tertiary/aromatic N) is 2. The van der Waals surface area contributed by atoms with E-state index in [-0.39, 0.29) is 25.0 Å². The molecule has 0 spiro atoms. The Bertz CT molecular complexity index is 491. The molecule has 1 aromatic heterocycles. The van der Waals surface area contributed by atoms with Gasteiger partial charge in [0.1, 0.15) is 11.5 Å². The van der Waals surface area contributed by atoms with Crippen molar-refractivity contribution in [1.29, 1.82) is 0 Å². The van der Waals surface area contributed by atoms with Gasteiger partial charge in [-0.3, -0.25) is 4.79 Å². The van der Waals surface area contributed by atoms with Crippen LogP contribution in [-0.2, 0) is 11.3 Å². The average molecular weight is 299 g/mol. The molecule has 1 unspecified atom stereocenters. The van der Waals surface area contributed by atoms with Crippen molar-refractivity contribution >= 4 is 23.8 Å². The normalized spacial score (nSPS) is 18.9. The fraction of sp³-hybridized carbons (Fsp3) is 0.583. The number of carboxylic acid groups (broad SMARTS) is 1. The number of aromatic nitrogens is 1. The van der Waals surface area contributed by atoms with Crippen LogP contribution in [0.1, 0.15) is 17.9 Å². The number of rotatable bonds is 4. The van der Waals surface area contributed by atoms with E-state index < -0.39 is 5.97 Å². The van der Waals surface area contributed by atoms with Crippen LogP contribution in [0.3, 0.4) is 0 Å².